The molecule has 102 valence electrons. The van der Waals surface area contributed by atoms with E-state index in [4.69, 9.17) is 0 Å². The number of rotatable bonds is 6. The first-order valence-electron chi connectivity index (χ1n) is 6.17. The molecule has 1 aromatic carbocycles. The SMILES string of the molecule is CCCC(C)NS(=O)(=O)c1ccc(C(C)O)cc1. The van der Waals surface area contributed by atoms with Crippen LogP contribution in [0.4, 0.5) is 0 Å². The molecule has 0 spiro atoms. The lowest BCUT2D eigenvalue weighted by atomic mass is 10.1. The summed E-state index contributed by atoms with van der Waals surface area (Å²) < 4.78 is 26.7. The molecule has 1 aromatic rings. The minimum absolute atomic E-state index is 0.0727. The van der Waals surface area contributed by atoms with Crippen molar-refractivity contribution in [3.63, 3.8) is 0 Å². The summed E-state index contributed by atoms with van der Waals surface area (Å²) in [5, 5.41) is 9.37. The average Bonchev–Trinajstić information content (AvgIpc) is 2.28. The molecule has 2 N–H and O–H groups in total. The summed E-state index contributed by atoms with van der Waals surface area (Å²) in [6.45, 7) is 5.51. The Morgan fingerprint density at radius 2 is 1.78 bits per heavy atom. The van der Waals surface area contributed by atoms with Gasteiger partial charge in [0.05, 0.1) is 11.0 Å². The summed E-state index contributed by atoms with van der Waals surface area (Å²) in [7, 11) is -3.46. The Bertz CT molecular complexity index is 466. The van der Waals surface area contributed by atoms with Gasteiger partial charge in [0.1, 0.15) is 0 Å². The molecule has 2 atom stereocenters. The first kappa shape index (κ1) is 15.1. The zero-order valence-corrected chi connectivity index (χ0v) is 11.9. The fourth-order valence-electron chi connectivity index (χ4n) is 1.75. The molecule has 0 aliphatic heterocycles. The molecule has 1 rings (SSSR count). The van der Waals surface area contributed by atoms with Gasteiger partial charge < -0.3 is 5.11 Å². The maximum Gasteiger partial charge on any atom is 0.240 e. The molecule has 0 saturated carbocycles. The average molecular weight is 271 g/mol. The zero-order valence-electron chi connectivity index (χ0n) is 11.1. The van der Waals surface area contributed by atoms with Crippen molar-refractivity contribution in [2.45, 2.75) is 50.7 Å². The largest absolute Gasteiger partial charge is 0.389 e. The van der Waals surface area contributed by atoms with E-state index in [1.807, 2.05) is 13.8 Å². The smallest absolute Gasteiger partial charge is 0.240 e. The second kappa shape index (κ2) is 6.31. The lowest BCUT2D eigenvalue weighted by Gasteiger charge is -2.13. The van der Waals surface area contributed by atoms with Crippen LogP contribution in [0.3, 0.4) is 0 Å². The molecule has 0 bridgehead atoms. The predicted octanol–water partition coefficient (Wildman–Crippen LogP) is 2.21. The third-order valence-corrected chi connectivity index (χ3v) is 4.36. The standard InChI is InChI=1S/C13H21NO3S/c1-4-5-10(2)14-18(16,17)13-8-6-12(7-9-13)11(3)15/h6-11,14-15H,4-5H2,1-3H3. The Morgan fingerprint density at radius 3 is 2.22 bits per heavy atom. The van der Waals surface area contributed by atoms with Crippen molar-refractivity contribution in [3.05, 3.63) is 29.8 Å². The molecule has 0 fully saturated rings. The highest BCUT2D eigenvalue weighted by Crippen LogP contribution is 2.16. The Labute approximate surface area is 109 Å². The molecule has 5 heteroatoms. The summed E-state index contributed by atoms with van der Waals surface area (Å²) in [5.41, 5.74) is 0.704. The van der Waals surface area contributed by atoms with Gasteiger partial charge in [-0.2, -0.15) is 0 Å². The van der Waals surface area contributed by atoms with Crippen molar-refractivity contribution in [2.24, 2.45) is 0 Å². The van der Waals surface area contributed by atoms with Gasteiger partial charge in [-0.1, -0.05) is 25.5 Å². The molecule has 0 aromatic heterocycles. The van der Waals surface area contributed by atoms with Crippen LogP contribution in [0.25, 0.3) is 0 Å². The van der Waals surface area contributed by atoms with E-state index in [0.717, 1.165) is 12.8 Å². The maximum absolute atomic E-state index is 12.0. The van der Waals surface area contributed by atoms with E-state index in [1.54, 1.807) is 19.1 Å². The molecule has 0 saturated heterocycles. The predicted molar refractivity (Wildman–Crippen MR) is 71.8 cm³/mol. The Balaban J connectivity index is 2.85. The van der Waals surface area contributed by atoms with Crippen LogP contribution in [0, 0.1) is 0 Å². The number of sulfonamides is 1. The van der Waals surface area contributed by atoms with Crippen molar-refractivity contribution in [1.82, 2.24) is 4.72 Å². The van der Waals surface area contributed by atoms with Crippen molar-refractivity contribution >= 4 is 10.0 Å². The molecule has 0 aliphatic carbocycles. The van der Waals surface area contributed by atoms with Crippen molar-refractivity contribution < 1.29 is 13.5 Å². The highest BCUT2D eigenvalue weighted by molar-refractivity contribution is 7.89. The van der Waals surface area contributed by atoms with Gasteiger partial charge >= 0.3 is 0 Å². The summed E-state index contributed by atoms with van der Waals surface area (Å²) in [6.07, 6.45) is 1.16. The third kappa shape index (κ3) is 4.08. The summed E-state index contributed by atoms with van der Waals surface area (Å²) >= 11 is 0. The first-order chi connectivity index (χ1) is 8.36. The first-order valence-corrected chi connectivity index (χ1v) is 7.65. The fourth-order valence-corrected chi connectivity index (χ4v) is 3.03. The number of aliphatic hydroxyl groups is 1. The Morgan fingerprint density at radius 1 is 1.22 bits per heavy atom. The normalized spacial score (nSPS) is 15.3. The highest BCUT2D eigenvalue weighted by Gasteiger charge is 2.16. The minimum atomic E-state index is -3.46. The Hall–Kier alpha value is -0.910. The molecule has 0 amide bonds. The van der Waals surface area contributed by atoms with Crippen LogP contribution in [0.5, 0.6) is 0 Å². The molecule has 18 heavy (non-hydrogen) atoms. The monoisotopic (exact) mass is 271 g/mol. The van der Waals surface area contributed by atoms with Gasteiger partial charge in [0.25, 0.3) is 0 Å². The van der Waals surface area contributed by atoms with Crippen molar-refractivity contribution in [1.29, 1.82) is 0 Å². The second-order valence-corrected chi connectivity index (χ2v) is 6.27. The van der Waals surface area contributed by atoms with Gasteiger partial charge in [-0.3, -0.25) is 0 Å². The van der Waals surface area contributed by atoms with Crippen molar-refractivity contribution in [3.8, 4) is 0 Å². The third-order valence-electron chi connectivity index (χ3n) is 2.75. The van der Waals surface area contributed by atoms with Crippen molar-refractivity contribution in [2.75, 3.05) is 0 Å². The van der Waals surface area contributed by atoms with Gasteiger partial charge in [-0.25, -0.2) is 13.1 Å². The zero-order chi connectivity index (χ0) is 13.8. The van der Waals surface area contributed by atoms with Gasteiger partial charge in [-0.05, 0) is 38.0 Å². The topological polar surface area (TPSA) is 66.4 Å². The lowest BCUT2D eigenvalue weighted by molar-refractivity contribution is 0.199. The number of benzene rings is 1. The van der Waals surface area contributed by atoms with E-state index in [1.165, 1.54) is 12.1 Å². The van der Waals surface area contributed by atoms with E-state index in [9.17, 15) is 13.5 Å². The molecule has 0 aliphatic rings. The van der Waals surface area contributed by atoms with E-state index in [2.05, 4.69) is 4.72 Å². The number of hydrogen-bond acceptors (Lipinski definition) is 3. The van der Waals surface area contributed by atoms with E-state index in [0.29, 0.717) is 5.56 Å². The van der Waals surface area contributed by atoms with Crippen LogP contribution in [0.15, 0.2) is 29.2 Å². The molecule has 2 unspecified atom stereocenters. The number of aliphatic hydroxyl groups excluding tert-OH is 1. The lowest BCUT2D eigenvalue weighted by Crippen LogP contribution is -2.32. The van der Waals surface area contributed by atoms with Crippen LogP contribution in [-0.4, -0.2) is 19.6 Å². The van der Waals surface area contributed by atoms with E-state index >= 15 is 0 Å². The van der Waals surface area contributed by atoms with Crippen LogP contribution in [0.2, 0.25) is 0 Å². The minimum Gasteiger partial charge on any atom is -0.389 e. The summed E-state index contributed by atoms with van der Waals surface area (Å²) in [6, 6.07) is 6.22. The summed E-state index contributed by atoms with van der Waals surface area (Å²) in [4.78, 5) is 0.231. The maximum atomic E-state index is 12.0. The van der Waals surface area contributed by atoms with Crippen LogP contribution in [-0.2, 0) is 10.0 Å². The van der Waals surface area contributed by atoms with Crippen LogP contribution >= 0.6 is 0 Å². The molecule has 4 nitrogen and oxygen atoms in total. The van der Waals surface area contributed by atoms with Gasteiger partial charge in [-0.15, -0.1) is 0 Å². The fraction of sp³-hybridized carbons (Fsp3) is 0.538. The molecular formula is C13H21NO3S. The van der Waals surface area contributed by atoms with Crippen LogP contribution in [0.1, 0.15) is 45.3 Å². The second-order valence-electron chi connectivity index (χ2n) is 4.56. The van der Waals surface area contributed by atoms with E-state index in [-0.39, 0.29) is 10.9 Å². The number of nitrogens with one attached hydrogen (secondary N) is 1. The quantitative estimate of drug-likeness (QED) is 0.833. The molecule has 0 heterocycles. The highest BCUT2D eigenvalue weighted by atomic mass is 32.2. The van der Waals surface area contributed by atoms with Gasteiger partial charge in [0.15, 0.2) is 0 Å². The van der Waals surface area contributed by atoms with Crippen LogP contribution < -0.4 is 4.72 Å². The Kier molecular flexibility index (Phi) is 5.31. The molecular weight excluding hydrogens is 250 g/mol. The summed E-state index contributed by atoms with van der Waals surface area (Å²) in [5.74, 6) is 0. The van der Waals surface area contributed by atoms with Gasteiger partial charge in [0.2, 0.25) is 10.0 Å². The molecule has 0 radical (unpaired) electrons. The number of hydrogen-bond donors (Lipinski definition) is 2. The van der Waals surface area contributed by atoms with Gasteiger partial charge in [0, 0.05) is 6.04 Å². The van der Waals surface area contributed by atoms with E-state index < -0.39 is 16.1 Å².